The summed E-state index contributed by atoms with van der Waals surface area (Å²) in [6.07, 6.45) is 3.39. The van der Waals surface area contributed by atoms with Crippen LogP contribution in [0.3, 0.4) is 0 Å². The van der Waals surface area contributed by atoms with E-state index in [1.807, 2.05) is 6.92 Å². The van der Waals surface area contributed by atoms with E-state index < -0.39 is 16.2 Å². The van der Waals surface area contributed by atoms with Crippen LogP contribution in [0.25, 0.3) is 0 Å². The molecule has 82 valence electrons. The van der Waals surface area contributed by atoms with Crippen molar-refractivity contribution in [2.75, 3.05) is 6.61 Å². The van der Waals surface area contributed by atoms with Gasteiger partial charge in [-0.2, -0.15) is 8.42 Å². The molecule has 0 saturated heterocycles. The highest BCUT2D eigenvalue weighted by Crippen LogP contribution is 1.97. The van der Waals surface area contributed by atoms with Crippen molar-refractivity contribution in [3.05, 3.63) is 12.7 Å². The van der Waals surface area contributed by atoms with Gasteiger partial charge in [-0.1, -0.05) is 26.3 Å². The van der Waals surface area contributed by atoms with Gasteiger partial charge in [0.1, 0.15) is 0 Å². The van der Waals surface area contributed by atoms with Crippen molar-refractivity contribution in [2.45, 2.75) is 26.2 Å². The van der Waals surface area contributed by atoms with Crippen molar-refractivity contribution < 1.29 is 17.4 Å². The van der Waals surface area contributed by atoms with Crippen molar-refractivity contribution in [1.29, 1.82) is 0 Å². The average molecular weight is 221 g/mol. The van der Waals surface area contributed by atoms with Gasteiger partial charge in [0.15, 0.2) is 0 Å². The van der Waals surface area contributed by atoms with E-state index in [9.17, 15) is 13.2 Å². The van der Waals surface area contributed by atoms with Gasteiger partial charge in [0.05, 0.1) is 6.61 Å². The summed E-state index contributed by atoms with van der Waals surface area (Å²) in [4.78, 5) is 10.6. The van der Waals surface area contributed by atoms with Crippen LogP contribution in [0.4, 0.5) is 0 Å². The molecule has 0 heterocycles. The Morgan fingerprint density at radius 1 is 1.50 bits per heavy atom. The van der Waals surface area contributed by atoms with Crippen LogP contribution in [0.15, 0.2) is 12.7 Å². The number of amides is 1. The first kappa shape index (κ1) is 13.1. The molecule has 14 heavy (non-hydrogen) atoms. The van der Waals surface area contributed by atoms with E-state index in [0.717, 1.165) is 18.9 Å². The van der Waals surface area contributed by atoms with E-state index in [0.29, 0.717) is 6.42 Å². The number of hydrogen-bond acceptors (Lipinski definition) is 4. The van der Waals surface area contributed by atoms with Gasteiger partial charge in [-0.15, -0.1) is 0 Å². The molecule has 1 N–H and O–H groups in total. The van der Waals surface area contributed by atoms with E-state index in [-0.39, 0.29) is 6.61 Å². The molecular formula is C8H15NO4S. The zero-order valence-corrected chi connectivity index (χ0v) is 8.97. The second kappa shape index (κ2) is 6.56. The van der Waals surface area contributed by atoms with Gasteiger partial charge in [-0.25, -0.2) is 4.72 Å². The highest BCUT2D eigenvalue weighted by atomic mass is 32.2. The Balaban J connectivity index is 3.84. The zero-order valence-electron chi connectivity index (χ0n) is 8.15. The topological polar surface area (TPSA) is 72.5 Å². The Morgan fingerprint density at radius 2 is 2.14 bits per heavy atom. The molecule has 0 aromatic rings. The van der Waals surface area contributed by atoms with Crippen molar-refractivity contribution in [3.63, 3.8) is 0 Å². The maximum Gasteiger partial charge on any atom is 0.362 e. The standard InChI is InChI=1S/C8H15NO4S/c1-3-5-6-7-13-14(11,12)9-8(10)4-2/h4H,2-3,5-7H2,1H3,(H,9,10). The molecule has 1 amide bonds. The summed E-state index contributed by atoms with van der Waals surface area (Å²) in [6, 6.07) is 0. The lowest BCUT2D eigenvalue weighted by molar-refractivity contribution is -0.114. The number of carbonyl (C=O) groups excluding carboxylic acids is 1. The molecule has 0 aliphatic heterocycles. The van der Waals surface area contributed by atoms with Crippen molar-refractivity contribution in [2.24, 2.45) is 0 Å². The second-order valence-electron chi connectivity index (χ2n) is 2.65. The van der Waals surface area contributed by atoms with Gasteiger partial charge in [-0.3, -0.25) is 8.98 Å². The Hall–Kier alpha value is -0.880. The van der Waals surface area contributed by atoms with Crippen LogP contribution in [0.5, 0.6) is 0 Å². The fourth-order valence-electron chi connectivity index (χ4n) is 0.715. The molecule has 6 heteroatoms. The van der Waals surface area contributed by atoms with E-state index in [2.05, 4.69) is 10.8 Å². The molecule has 0 aromatic heterocycles. The summed E-state index contributed by atoms with van der Waals surface area (Å²) in [6.45, 7) is 5.21. The zero-order chi connectivity index (χ0) is 11.0. The van der Waals surface area contributed by atoms with E-state index >= 15 is 0 Å². The minimum atomic E-state index is -3.94. The summed E-state index contributed by atoms with van der Waals surface area (Å²) < 4.78 is 28.1. The smallest absolute Gasteiger partial charge is 0.269 e. The Kier molecular flexibility index (Phi) is 6.14. The van der Waals surface area contributed by atoms with E-state index in [1.54, 1.807) is 4.72 Å². The lowest BCUT2D eigenvalue weighted by Gasteiger charge is -2.04. The Bertz CT molecular complexity index is 284. The molecule has 0 atom stereocenters. The van der Waals surface area contributed by atoms with Crippen molar-refractivity contribution in [1.82, 2.24) is 4.72 Å². The van der Waals surface area contributed by atoms with Gasteiger partial charge in [-0.05, 0) is 12.5 Å². The second-order valence-corrected chi connectivity index (χ2v) is 4.00. The number of unbranched alkanes of at least 4 members (excludes halogenated alkanes) is 2. The highest BCUT2D eigenvalue weighted by molar-refractivity contribution is 7.85. The number of rotatable bonds is 7. The van der Waals surface area contributed by atoms with Crippen LogP contribution in [0.1, 0.15) is 26.2 Å². The molecule has 0 aliphatic carbocycles. The van der Waals surface area contributed by atoms with Crippen molar-refractivity contribution in [3.8, 4) is 0 Å². The molecule has 0 aliphatic rings. The predicted octanol–water partition coefficient (Wildman–Crippen LogP) is 0.740. The Morgan fingerprint density at radius 3 is 2.64 bits per heavy atom. The summed E-state index contributed by atoms with van der Waals surface area (Å²) in [5.41, 5.74) is 0. The van der Waals surface area contributed by atoms with Crippen LogP contribution in [0.2, 0.25) is 0 Å². The van der Waals surface area contributed by atoms with Gasteiger partial charge < -0.3 is 0 Å². The number of hydrogen-bond donors (Lipinski definition) is 1. The first-order valence-electron chi connectivity index (χ1n) is 4.35. The monoisotopic (exact) mass is 221 g/mol. The molecule has 5 nitrogen and oxygen atoms in total. The van der Waals surface area contributed by atoms with Gasteiger partial charge in [0.25, 0.3) is 5.91 Å². The predicted molar refractivity (Wildman–Crippen MR) is 52.7 cm³/mol. The maximum atomic E-state index is 11.0. The molecule has 0 fully saturated rings. The molecule has 0 unspecified atom stereocenters. The average Bonchev–Trinajstić information content (AvgIpc) is 2.12. The van der Waals surface area contributed by atoms with Crippen LogP contribution in [-0.4, -0.2) is 20.9 Å². The summed E-state index contributed by atoms with van der Waals surface area (Å²) >= 11 is 0. The van der Waals surface area contributed by atoms with Crippen LogP contribution >= 0.6 is 0 Å². The molecule has 0 aromatic carbocycles. The highest BCUT2D eigenvalue weighted by Gasteiger charge is 2.11. The molecular weight excluding hydrogens is 206 g/mol. The van der Waals surface area contributed by atoms with E-state index in [4.69, 9.17) is 0 Å². The normalized spacial score (nSPS) is 10.9. The quantitative estimate of drug-likeness (QED) is 0.508. The number of nitrogens with one attached hydrogen (secondary N) is 1. The summed E-state index contributed by atoms with van der Waals surface area (Å²) in [5, 5.41) is 0. The largest absolute Gasteiger partial charge is 0.362 e. The minimum absolute atomic E-state index is 0.0909. The minimum Gasteiger partial charge on any atom is -0.269 e. The maximum absolute atomic E-state index is 11.0. The number of carbonyl (C=O) groups is 1. The first-order chi connectivity index (χ1) is 6.52. The summed E-state index contributed by atoms with van der Waals surface area (Å²) in [5.74, 6) is -0.791. The molecule has 0 radical (unpaired) electrons. The van der Waals surface area contributed by atoms with Crippen LogP contribution in [-0.2, 0) is 19.3 Å². The molecule has 0 rings (SSSR count). The van der Waals surface area contributed by atoms with Crippen LogP contribution < -0.4 is 4.72 Å². The molecule has 0 saturated carbocycles. The molecule has 0 bridgehead atoms. The Labute approximate surface area is 84.4 Å². The summed E-state index contributed by atoms with van der Waals surface area (Å²) in [7, 11) is -3.94. The first-order valence-corrected chi connectivity index (χ1v) is 5.76. The fourth-order valence-corrected chi connectivity index (χ4v) is 1.44. The van der Waals surface area contributed by atoms with Gasteiger partial charge in [0, 0.05) is 0 Å². The van der Waals surface area contributed by atoms with E-state index in [1.165, 1.54) is 0 Å². The third kappa shape index (κ3) is 6.62. The lowest BCUT2D eigenvalue weighted by atomic mass is 10.3. The fraction of sp³-hybridized carbons (Fsp3) is 0.625. The molecule has 0 spiro atoms. The van der Waals surface area contributed by atoms with Crippen LogP contribution in [0, 0.1) is 0 Å². The third-order valence-corrected chi connectivity index (χ3v) is 2.33. The van der Waals surface area contributed by atoms with Gasteiger partial charge in [0.2, 0.25) is 0 Å². The lowest BCUT2D eigenvalue weighted by Crippen LogP contribution is -2.30. The third-order valence-electron chi connectivity index (χ3n) is 1.40. The van der Waals surface area contributed by atoms with Crippen molar-refractivity contribution >= 4 is 16.2 Å². The van der Waals surface area contributed by atoms with Gasteiger partial charge >= 0.3 is 10.3 Å². The SMILES string of the molecule is C=CC(=O)NS(=O)(=O)OCCCCC.